The summed E-state index contributed by atoms with van der Waals surface area (Å²) < 4.78 is 0. The zero-order valence-electron chi connectivity index (χ0n) is 7.86. The summed E-state index contributed by atoms with van der Waals surface area (Å²) in [6, 6.07) is 8.53. The van der Waals surface area contributed by atoms with Crippen molar-refractivity contribution >= 4 is 17.3 Å². The number of nitrogens with two attached hydrogens (primary N) is 1. The summed E-state index contributed by atoms with van der Waals surface area (Å²) in [4.78, 5) is 2.40. The molecule has 1 heterocycles. The first-order chi connectivity index (χ1) is 6.75. The molecular formula is C11H13ClN2. The maximum absolute atomic E-state index is 5.89. The molecular weight excluding hydrogens is 196 g/mol. The van der Waals surface area contributed by atoms with E-state index in [1.54, 1.807) is 0 Å². The Morgan fingerprint density at radius 3 is 2.29 bits per heavy atom. The molecule has 2 nitrogen and oxygen atoms in total. The van der Waals surface area contributed by atoms with E-state index in [4.69, 9.17) is 17.3 Å². The summed E-state index contributed by atoms with van der Waals surface area (Å²) in [7, 11) is 0. The van der Waals surface area contributed by atoms with Crippen LogP contribution in [-0.4, -0.2) is 19.1 Å². The molecule has 2 atom stereocenters. The molecule has 1 aliphatic carbocycles. The number of anilines is 1. The zero-order chi connectivity index (χ0) is 9.71. The fraction of sp³-hybridized carbons (Fsp3) is 0.455. The second-order valence-corrected chi connectivity index (χ2v) is 4.72. The van der Waals surface area contributed by atoms with Crippen molar-refractivity contribution in [2.24, 2.45) is 17.6 Å². The summed E-state index contributed by atoms with van der Waals surface area (Å²) in [5, 5.41) is 0.801. The summed E-state index contributed by atoms with van der Waals surface area (Å²) in [5.41, 5.74) is 7.16. The van der Waals surface area contributed by atoms with Crippen molar-refractivity contribution in [3.8, 4) is 0 Å². The molecule has 2 aliphatic rings. The van der Waals surface area contributed by atoms with Gasteiger partial charge in [-0.2, -0.15) is 0 Å². The van der Waals surface area contributed by atoms with Crippen molar-refractivity contribution in [1.29, 1.82) is 0 Å². The monoisotopic (exact) mass is 208 g/mol. The van der Waals surface area contributed by atoms with Gasteiger partial charge in [0.15, 0.2) is 0 Å². The summed E-state index contributed by atoms with van der Waals surface area (Å²) in [5.74, 6) is 1.48. The second-order valence-electron chi connectivity index (χ2n) is 4.29. The van der Waals surface area contributed by atoms with Crippen LogP contribution in [0.2, 0.25) is 5.02 Å². The quantitative estimate of drug-likeness (QED) is 0.762. The number of halogens is 1. The van der Waals surface area contributed by atoms with Gasteiger partial charge in [-0.25, -0.2) is 0 Å². The lowest BCUT2D eigenvalue weighted by Crippen LogP contribution is -2.27. The largest absolute Gasteiger partial charge is 0.371 e. The highest BCUT2D eigenvalue weighted by Gasteiger charge is 2.53. The van der Waals surface area contributed by atoms with Crippen molar-refractivity contribution in [2.75, 3.05) is 18.0 Å². The maximum Gasteiger partial charge on any atom is 0.0407 e. The summed E-state index contributed by atoms with van der Waals surface area (Å²) in [6.45, 7) is 2.24. The zero-order valence-corrected chi connectivity index (χ0v) is 8.61. The minimum absolute atomic E-state index is 0.471. The first kappa shape index (κ1) is 8.57. The molecule has 0 bridgehead atoms. The van der Waals surface area contributed by atoms with Gasteiger partial charge in [0.25, 0.3) is 0 Å². The molecule has 0 radical (unpaired) electrons. The Balaban J connectivity index is 1.76. The van der Waals surface area contributed by atoms with Crippen LogP contribution < -0.4 is 10.6 Å². The van der Waals surface area contributed by atoms with E-state index < -0.39 is 0 Å². The maximum atomic E-state index is 5.89. The molecule has 3 rings (SSSR count). The molecule has 0 aromatic heterocycles. The molecule has 3 heteroatoms. The van der Waals surface area contributed by atoms with Crippen molar-refractivity contribution in [3.63, 3.8) is 0 Å². The van der Waals surface area contributed by atoms with E-state index in [9.17, 15) is 0 Å². The molecule has 0 amide bonds. The van der Waals surface area contributed by atoms with Gasteiger partial charge in [0, 0.05) is 29.8 Å². The SMILES string of the molecule is NC1C2CN(c3ccc(Cl)cc3)CC12. The molecule has 2 unspecified atom stereocenters. The Labute approximate surface area is 88.6 Å². The first-order valence-corrected chi connectivity index (χ1v) is 5.39. The lowest BCUT2D eigenvalue weighted by atomic mass is 10.3. The van der Waals surface area contributed by atoms with Crippen LogP contribution in [0.5, 0.6) is 0 Å². The van der Waals surface area contributed by atoms with E-state index in [0.29, 0.717) is 6.04 Å². The molecule has 2 fully saturated rings. The second kappa shape index (κ2) is 2.88. The highest BCUT2D eigenvalue weighted by Crippen LogP contribution is 2.45. The number of hydrogen-bond acceptors (Lipinski definition) is 2. The van der Waals surface area contributed by atoms with Crippen molar-refractivity contribution in [3.05, 3.63) is 29.3 Å². The molecule has 1 aromatic carbocycles. The highest BCUT2D eigenvalue weighted by molar-refractivity contribution is 6.30. The van der Waals surface area contributed by atoms with Crippen LogP contribution >= 0.6 is 11.6 Å². The van der Waals surface area contributed by atoms with Crippen LogP contribution in [-0.2, 0) is 0 Å². The third kappa shape index (κ3) is 1.22. The molecule has 1 aromatic rings. The smallest absolute Gasteiger partial charge is 0.0407 e. The summed E-state index contributed by atoms with van der Waals surface area (Å²) >= 11 is 5.84. The molecule has 0 spiro atoms. The van der Waals surface area contributed by atoms with Crippen LogP contribution in [0.3, 0.4) is 0 Å². The van der Waals surface area contributed by atoms with Crippen LogP contribution in [0.1, 0.15) is 0 Å². The van der Waals surface area contributed by atoms with E-state index in [-0.39, 0.29) is 0 Å². The minimum atomic E-state index is 0.471. The number of fused-ring (bicyclic) bond motifs is 1. The van der Waals surface area contributed by atoms with E-state index in [0.717, 1.165) is 29.9 Å². The fourth-order valence-corrected chi connectivity index (χ4v) is 2.56. The molecule has 1 aliphatic heterocycles. The van der Waals surface area contributed by atoms with E-state index >= 15 is 0 Å². The van der Waals surface area contributed by atoms with Gasteiger partial charge in [-0.15, -0.1) is 0 Å². The number of rotatable bonds is 1. The molecule has 2 N–H and O–H groups in total. The lowest BCUT2D eigenvalue weighted by molar-refractivity contribution is 0.743. The van der Waals surface area contributed by atoms with Crippen molar-refractivity contribution < 1.29 is 0 Å². The third-order valence-corrected chi connectivity index (χ3v) is 3.70. The topological polar surface area (TPSA) is 29.3 Å². The highest BCUT2D eigenvalue weighted by atomic mass is 35.5. The average Bonchev–Trinajstić information content (AvgIpc) is 2.66. The Kier molecular flexibility index (Phi) is 1.76. The number of nitrogens with zero attached hydrogens (tertiary/aromatic N) is 1. The van der Waals surface area contributed by atoms with Gasteiger partial charge in [-0.1, -0.05) is 11.6 Å². The van der Waals surface area contributed by atoms with Gasteiger partial charge in [0.05, 0.1) is 0 Å². The predicted molar refractivity (Wildman–Crippen MR) is 58.6 cm³/mol. The van der Waals surface area contributed by atoms with Crippen LogP contribution in [0, 0.1) is 11.8 Å². The van der Waals surface area contributed by atoms with Gasteiger partial charge >= 0.3 is 0 Å². The lowest BCUT2D eigenvalue weighted by Gasteiger charge is -2.21. The number of piperidine rings is 1. The minimum Gasteiger partial charge on any atom is -0.371 e. The first-order valence-electron chi connectivity index (χ1n) is 5.02. The average molecular weight is 209 g/mol. The van der Waals surface area contributed by atoms with Gasteiger partial charge in [0.2, 0.25) is 0 Å². The Hall–Kier alpha value is -0.730. The number of hydrogen-bond donors (Lipinski definition) is 1. The van der Waals surface area contributed by atoms with E-state index in [1.165, 1.54) is 5.69 Å². The van der Waals surface area contributed by atoms with E-state index in [1.807, 2.05) is 12.1 Å². The third-order valence-electron chi connectivity index (χ3n) is 3.45. The van der Waals surface area contributed by atoms with Crippen LogP contribution in [0.15, 0.2) is 24.3 Å². The molecule has 1 saturated carbocycles. The van der Waals surface area contributed by atoms with Gasteiger partial charge in [-0.3, -0.25) is 0 Å². The van der Waals surface area contributed by atoms with Gasteiger partial charge in [-0.05, 0) is 36.1 Å². The van der Waals surface area contributed by atoms with Crippen LogP contribution in [0.4, 0.5) is 5.69 Å². The number of benzene rings is 1. The van der Waals surface area contributed by atoms with Crippen molar-refractivity contribution in [2.45, 2.75) is 6.04 Å². The Bertz CT molecular complexity index is 337. The van der Waals surface area contributed by atoms with Gasteiger partial charge < -0.3 is 10.6 Å². The Morgan fingerprint density at radius 2 is 1.71 bits per heavy atom. The predicted octanol–water partition coefficient (Wildman–Crippen LogP) is 1.73. The molecule has 1 saturated heterocycles. The molecule has 14 heavy (non-hydrogen) atoms. The summed E-state index contributed by atoms with van der Waals surface area (Å²) in [6.07, 6.45) is 0. The van der Waals surface area contributed by atoms with Crippen molar-refractivity contribution in [1.82, 2.24) is 0 Å². The Morgan fingerprint density at radius 1 is 1.14 bits per heavy atom. The van der Waals surface area contributed by atoms with E-state index in [2.05, 4.69) is 17.0 Å². The van der Waals surface area contributed by atoms with Crippen LogP contribution in [0.25, 0.3) is 0 Å². The van der Waals surface area contributed by atoms with Gasteiger partial charge in [0.1, 0.15) is 0 Å². The fourth-order valence-electron chi connectivity index (χ4n) is 2.44. The normalized spacial score (nSPS) is 34.4. The standard InChI is InChI=1S/C11H13ClN2/c12-7-1-3-8(4-2-7)14-5-9-10(6-14)11(9)13/h1-4,9-11H,5-6,13H2. The molecule has 74 valence electrons.